The van der Waals surface area contributed by atoms with Crippen molar-refractivity contribution in [3.05, 3.63) is 52.3 Å². The molecule has 1 N–H and O–H groups in total. The second-order valence-electron chi connectivity index (χ2n) is 6.97. The van der Waals surface area contributed by atoms with Gasteiger partial charge < -0.3 is 10.2 Å². The van der Waals surface area contributed by atoms with E-state index in [9.17, 15) is 14.9 Å². The number of nitro benzene ring substituents is 1. The maximum absolute atomic E-state index is 12.8. The highest BCUT2D eigenvalue weighted by atomic mass is 16.6. The van der Waals surface area contributed by atoms with E-state index in [2.05, 4.69) is 10.4 Å². The van der Waals surface area contributed by atoms with Crippen LogP contribution in [0, 0.1) is 22.0 Å². The average molecular weight is 355 g/mol. The fourth-order valence-electron chi connectivity index (χ4n) is 3.89. The van der Waals surface area contributed by atoms with Crippen LogP contribution in [0.25, 0.3) is 5.69 Å². The number of hydrogen-bond donors (Lipinski definition) is 1. The normalized spacial score (nSPS) is 22.7. The molecular formula is C18H21N5O3. The Morgan fingerprint density at radius 3 is 2.38 bits per heavy atom. The Balaban J connectivity index is 1.47. The molecule has 136 valence electrons. The van der Waals surface area contributed by atoms with E-state index in [1.54, 1.807) is 29.1 Å². The minimum atomic E-state index is -0.438. The Hall–Kier alpha value is -2.74. The minimum Gasteiger partial charge on any atom is -0.337 e. The number of carbonyl (C=O) groups excluding carboxylic acids is 1. The van der Waals surface area contributed by atoms with Crippen molar-refractivity contribution in [3.8, 4) is 5.69 Å². The van der Waals surface area contributed by atoms with Crippen LogP contribution in [0.5, 0.6) is 0 Å². The number of aromatic nitrogens is 2. The van der Waals surface area contributed by atoms with Crippen LogP contribution < -0.4 is 5.32 Å². The van der Waals surface area contributed by atoms with Gasteiger partial charge in [0, 0.05) is 31.4 Å². The van der Waals surface area contributed by atoms with Crippen LogP contribution in [0.3, 0.4) is 0 Å². The summed E-state index contributed by atoms with van der Waals surface area (Å²) < 4.78 is 1.58. The van der Waals surface area contributed by atoms with Crippen LogP contribution in [0.2, 0.25) is 0 Å². The molecule has 0 unspecified atom stereocenters. The second kappa shape index (κ2) is 6.87. The van der Waals surface area contributed by atoms with Crippen molar-refractivity contribution in [2.75, 3.05) is 26.2 Å². The lowest BCUT2D eigenvalue weighted by atomic mass is 9.92. The van der Waals surface area contributed by atoms with Crippen molar-refractivity contribution < 1.29 is 9.72 Å². The van der Waals surface area contributed by atoms with E-state index in [-0.39, 0.29) is 11.6 Å². The molecule has 2 aliphatic heterocycles. The molecule has 1 aromatic carbocycles. The third-order valence-corrected chi connectivity index (χ3v) is 5.44. The first-order chi connectivity index (χ1) is 12.6. The van der Waals surface area contributed by atoms with E-state index in [4.69, 9.17) is 0 Å². The van der Waals surface area contributed by atoms with Crippen molar-refractivity contribution in [2.24, 2.45) is 11.8 Å². The number of nitrogens with one attached hydrogen (secondary N) is 1. The number of carbonyl (C=O) groups is 1. The summed E-state index contributed by atoms with van der Waals surface area (Å²) >= 11 is 0. The SMILES string of the molecule is O=C(c1ccn(-c2ccc([N+](=O)[O-])cc2)n1)N1CC[C@@H]2CNC[C@@H]2CC1. The second-order valence-corrected chi connectivity index (χ2v) is 6.97. The molecule has 4 rings (SSSR count). The Labute approximate surface area is 150 Å². The smallest absolute Gasteiger partial charge is 0.274 e. The van der Waals surface area contributed by atoms with Crippen LogP contribution >= 0.6 is 0 Å². The molecule has 2 aliphatic rings. The summed E-state index contributed by atoms with van der Waals surface area (Å²) in [6, 6.07) is 7.82. The van der Waals surface area contributed by atoms with Gasteiger partial charge >= 0.3 is 0 Å². The zero-order valence-corrected chi connectivity index (χ0v) is 14.4. The summed E-state index contributed by atoms with van der Waals surface area (Å²) in [5, 5.41) is 18.6. The molecule has 1 amide bonds. The quantitative estimate of drug-likeness (QED) is 0.670. The highest BCUT2D eigenvalue weighted by Gasteiger charge is 2.32. The minimum absolute atomic E-state index is 0.0295. The first-order valence-electron chi connectivity index (χ1n) is 8.92. The molecule has 0 bridgehead atoms. The molecule has 0 aliphatic carbocycles. The number of nitro groups is 1. The molecule has 0 radical (unpaired) electrons. The lowest BCUT2D eigenvalue weighted by Gasteiger charge is -2.19. The number of benzene rings is 1. The maximum atomic E-state index is 12.8. The largest absolute Gasteiger partial charge is 0.337 e. The molecule has 2 fully saturated rings. The highest BCUT2D eigenvalue weighted by molar-refractivity contribution is 5.92. The average Bonchev–Trinajstić information content (AvgIpc) is 3.27. The van der Waals surface area contributed by atoms with Gasteiger partial charge in [0.25, 0.3) is 11.6 Å². The predicted molar refractivity (Wildman–Crippen MR) is 95.2 cm³/mol. The first kappa shape index (κ1) is 16.7. The van der Waals surface area contributed by atoms with Crippen LogP contribution in [0.1, 0.15) is 23.3 Å². The monoisotopic (exact) mass is 355 g/mol. The first-order valence-corrected chi connectivity index (χ1v) is 8.92. The number of nitrogens with zero attached hydrogens (tertiary/aromatic N) is 4. The summed E-state index contributed by atoms with van der Waals surface area (Å²) in [4.78, 5) is 25.0. The number of non-ortho nitro benzene ring substituents is 1. The molecule has 2 atom stereocenters. The van der Waals surface area contributed by atoms with Crippen molar-refractivity contribution in [3.63, 3.8) is 0 Å². The number of hydrogen-bond acceptors (Lipinski definition) is 5. The van der Waals surface area contributed by atoms with Gasteiger partial charge in [-0.1, -0.05) is 0 Å². The van der Waals surface area contributed by atoms with Crippen LogP contribution in [0.4, 0.5) is 5.69 Å². The molecule has 1 aromatic heterocycles. The zero-order chi connectivity index (χ0) is 18.1. The molecule has 8 nitrogen and oxygen atoms in total. The molecule has 8 heteroatoms. The number of likely N-dealkylation sites (tertiary alicyclic amines) is 1. The Morgan fingerprint density at radius 2 is 1.77 bits per heavy atom. The van der Waals surface area contributed by atoms with Gasteiger partial charge in [0.15, 0.2) is 5.69 Å². The fraction of sp³-hybridized carbons (Fsp3) is 0.444. The summed E-state index contributed by atoms with van der Waals surface area (Å²) in [6.07, 6.45) is 3.78. The molecule has 0 spiro atoms. The van der Waals surface area contributed by atoms with Gasteiger partial charge in [-0.05, 0) is 56.0 Å². The molecule has 0 saturated carbocycles. The Kier molecular flexibility index (Phi) is 4.42. The van der Waals surface area contributed by atoms with E-state index < -0.39 is 4.92 Å². The van der Waals surface area contributed by atoms with Gasteiger partial charge in [-0.3, -0.25) is 14.9 Å². The topological polar surface area (TPSA) is 93.3 Å². The fourth-order valence-corrected chi connectivity index (χ4v) is 3.89. The number of amides is 1. The van der Waals surface area contributed by atoms with Crippen LogP contribution in [-0.2, 0) is 0 Å². The lowest BCUT2D eigenvalue weighted by Crippen LogP contribution is -2.33. The summed E-state index contributed by atoms with van der Waals surface area (Å²) in [7, 11) is 0. The Bertz CT molecular complexity index is 802. The molecule has 26 heavy (non-hydrogen) atoms. The molecule has 2 aromatic rings. The standard InChI is InChI=1S/C18H21N5O3/c24-18(21-8-5-13-11-19-12-14(13)6-9-21)17-7-10-22(20-17)15-1-3-16(4-2-15)23(25)26/h1-4,7,10,13-14,19H,5-6,8-9,11-12H2/t13-,14+. The van der Waals surface area contributed by atoms with E-state index in [1.807, 2.05) is 4.90 Å². The van der Waals surface area contributed by atoms with Gasteiger partial charge in [0.2, 0.25) is 0 Å². The van der Waals surface area contributed by atoms with E-state index in [0.717, 1.165) is 39.0 Å². The predicted octanol–water partition coefficient (Wildman–Crippen LogP) is 1.85. The summed E-state index contributed by atoms with van der Waals surface area (Å²) in [5.74, 6) is 1.30. The van der Waals surface area contributed by atoms with Gasteiger partial charge in [0.05, 0.1) is 10.6 Å². The van der Waals surface area contributed by atoms with Gasteiger partial charge in [-0.15, -0.1) is 0 Å². The summed E-state index contributed by atoms with van der Waals surface area (Å²) in [6.45, 7) is 3.65. The van der Waals surface area contributed by atoms with Gasteiger partial charge in [-0.25, -0.2) is 4.68 Å². The summed E-state index contributed by atoms with van der Waals surface area (Å²) in [5.41, 5.74) is 1.13. The maximum Gasteiger partial charge on any atom is 0.274 e. The van der Waals surface area contributed by atoms with E-state index in [0.29, 0.717) is 23.2 Å². The molecular weight excluding hydrogens is 334 g/mol. The van der Waals surface area contributed by atoms with Crippen LogP contribution in [0.15, 0.2) is 36.5 Å². The van der Waals surface area contributed by atoms with Gasteiger partial charge in [0.1, 0.15) is 0 Å². The highest BCUT2D eigenvalue weighted by Crippen LogP contribution is 2.27. The molecule has 3 heterocycles. The lowest BCUT2D eigenvalue weighted by molar-refractivity contribution is -0.384. The molecule has 2 saturated heterocycles. The van der Waals surface area contributed by atoms with E-state index >= 15 is 0 Å². The van der Waals surface area contributed by atoms with Crippen molar-refractivity contribution >= 4 is 11.6 Å². The van der Waals surface area contributed by atoms with Crippen molar-refractivity contribution in [1.29, 1.82) is 0 Å². The zero-order valence-electron chi connectivity index (χ0n) is 14.4. The third kappa shape index (κ3) is 3.20. The Morgan fingerprint density at radius 1 is 1.12 bits per heavy atom. The number of fused-ring (bicyclic) bond motifs is 1. The third-order valence-electron chi connectivity index (χ3n) is 5.44. The van der Waals surface area contributed by atoms with Gasteiger partial charge in [-0.2, -0.15) is 5.10 Å². The van der Waals surface area contributed by atoms with Crippen molar-refractivity contribution in [2.45, 2.75) is 12.8 Å². The number of rotatable bonds is 3. The van der Waals surface area contributed by atoms with Crippen molar-refractivity contribution in [1.82, 2.24) is 20.0 Å². The van der Waals surface area contributed by atoms with E-state index in [1.165, 1.54) is 12.1 Å². The van der Waals surface area contributed by atoms with Crippen LogP contribution in [-0.4, -0.2) is 51.7 Å².